The van der Waals surface area contributed by atoms with E-state index in [1.165, 1.54) is 5.56 Å². The number of carbonyl (C=O) groups excluding carboxylic acids is 2. The minimum absolute atomic E-state index is 0.0479. The van der Waals surface area contributed by atoms with Gasteiger partial charge in [-0.3, -0.25) is 9.59 Å². The molecule has 5 nitrogen and oxygen atoms in total. The van der Waals surface area contributed by atoms with Crippen molar-refractivity contribution >= 4 is 11.8 Å². The number of rotatable bonds is 10. The van der Waals surface area contributed by atoms with Gasteiger partial charge in [0.05, 0.1) is 0 Å². The Morgan fingerprint density at radius 3 is 1.92 bits per heavy atom. The van der Waals surface area contributed by atoms with Crippen LogP contribution in [-0.4, -0.2) is 31.0 Å². The van der Waals surface area contributed by atoms with E-state index < -0.39 is 6.10 Å². The lowest BCUT2D eigenvalue weighted by atomic mass is 10.0. The van der Waals surface area contributed by atoms with Crippen LogP contribution in [0.2, 0.25) is 0 Å². The van der Waals surface area contributed by atoms with Crippen LogP contribution >= 0.6 is 0 Å². The minimum Gasteiger partial charge on any atom is -0.481 e. The van der Waals surface area contributed by atoms with Crippen molar-refractivity contribution < 1.29 is 14.3 Å². The van der Waals surface area contributed by atoms with Crippen LogP contribution in [0.4, 0.5) is 0 Å². The first-order valence-electron chi connectivity index (χ1n) is 9.21. The molecule has 1 aromatic carbocycles. The molecule has 1 atom stereocenters. The van der Waals surface area contributed by atoms with Gasteiger partial charge in [-0.2, -0.15) is 0 Å². The first-order chi connectivity index (χ1) is 11.9. The molecule has 1 rings (SSSR count). The summed E-state index contributed by atoms with van der Waals surface area (Å²) >= 11 is 0. The number of amides is 2. The van der Waals surface area contributed by atoms with Crippen LogP contribution in [0.1, 0.15) is 58.9 Å². The summed E-state index contributed by atoms with van der Waals surface area (Å²) < 4.78 is 5.66. The maximum absolute atomic E-state index is 12.1. The van der Waals surface area contributed by atoms with Gasteiger partial charge in [0, 0.05) is 19.0 Å². The number of carbonyl (C=O) groups is 2. The van der Waals surface area contributed by atoms with Gasteiger partial charge < -0.3 is 15.4 Å². The third kappa shape index (κ3) is 7.16. The summed E-state index contributed by atoms with van der Waals surface area (Å²) in [5.74, 6) is 1.05. The molecular formula is C20H32N2O3. The number of nitrogens with one attached hydrogen (secondary N) is 2. The second kappa shape index (κ2) is 10.7. The SMILES string of the molecule is CCC(CC)C(=O)NCCNC(=O)C(C)Oc1ccc(C(C)C)cc1. The van der Waals surface area contributed by atoms with Crippen molar-refractivity contribution in [2.75, 3.05) is 13.1 Å². The van der Waals surface area contributed by atoms with Crippen LogP contribution in [0.5, 0.6) is 5.75 Å². The molecular weight excluding hydrogens is 316 g/mol. The molecule has 0 bridgehead atoms. The molecule has 0 saturated carbocycles. The van der Waals surface area contributed by atoms with E-state index in [4.69, 9.17) is 4.74 Å². The van der Waals surface area contributed by atoms with Crippen LogP contribution in [0, 0.1) is 5.92 Å². The molecule has 140 valence electrons. The lowest BCUT2D eigenvalue weighted by Crippen LogP contribution is -2.41. The lowest BCUT2D eigenvalue weighted by molar-refractivity contribution is -0.128. The molecule has 1 unspecified atom stereocenters. The van der Waals surface area contributed by atoms with Crippen molar-refractivity contribution in [2.24, 2.45) is 5.92 Å². The third-order valence-corrected chi connectivity index (χ3v) is 4.31. The molecule has 0 radical (unpaired) electrons. The first kappa shape index (κ1) is 21.0. The molecule has 2 amide bonds. The predicted octanol–water partition coefficient (Wildman–Crippen LogP) is 3.25. The molecule has 0 spiro atoms. The lowest BCUT2D eigenvalue weighted by Gasteiger charge is -2.16. The van der Waals surface area contributed by atoms with Crippen LogP contribution in [0.15, 0.2) is 24.3 Å². The Kier molecular flexibility index (Phi) is 9.03. The number of benzene rings is 1. The van der Waals surface area contributed by atoms with E-state index in [0.717, 1.165) is 12.8 Å². The van der Waals surface area contributed by atoms with E-state index in [-0.39, 0.29) is 17.7 Å². The molecule has 0 saturated heterocycles. The zero-order valence-electron chi connectivity index (χ0n) is 16.1. The Balaban J connectivity index is 2.33. The fourth-order valence-electron chi connectivity index (χ4n) is 2.51. The highest BCUT2D eigenvalue weighted by molar-refractivity contribution is 5.81. The molecule has 5 heteroatoms. The molecule has 0 aromatic heterocycles. The highest BCUT2D eigenvalue weighted by Crippen LogP contribution is 2.19. The molecule has 0 aliphatic heterocycles. The van der Waals surface area contributed by atoms with Crippen LogP contribution < -0.4 is 15.4 Å². The Morgan fingerprint density at radius 1 is 0.920 bits per heavy atom. The zero-order chi connectivity index (χ0) is 18.8. The van der Waals surface area contributed by atoms with Gasteiger partial charge in [0.1, 0.15) is 5.75 Å². The fourth-order valence-corrected chi connectivity index (χ4v) is 2.51. The summed E-state index contributed by atoms with van der Waals surface area (Å²) in [6.45, 7) is 10.8. The van der Waals surface area contributed by atoms with Crippen molar-refractivity contribution in [3.05, 3.63) is 29.8 Å². The van der Waals surface area contributed by atoms with E-state index >= 15 is 0 Å². The summed E-state index contributed by atoms with van der Waals surface area (Å²) in [6.07, 6.45) is 1.07. The van der Waals surface area contributed by atoms with Crippen molar-refractivity contribution in [2.45, 2.75) is 59.5 Å². The molecule has 0 fully saturated rings. The van der Waals surface area contributed by atoms with Crippen LogP contribution in [0.3, 0.4) is 0 Å². The van der Waals surface area contributed by atoms with Crippen molar-refractivity contribution in [1.82, 2.24) is 10.6 Å². The third-order valence-electron chi connectivity index (χ3n) is 4.31. The number of ether oxygens (including phenoxy) is 1. The van der Waals surface area contributed by atoms with Gasteiger partial charge in [0.25, 0.3) is 5.91 Å². The van der Waals surface area contributed by atoms with E-state index in [9.17, 15) is 9.59 Å². The van der Waals surface area contributed by atoms with E-state index in [2.05, 4.69) is 24.5 Å². The monoisotopic (exact) mass is 348 g/mol. The van der Waals surface area contributed by atoms with Crippen molar-refractivity contribution in [3.63, 3.8) is 0 Å². The van der Waals surface area contributed by atoms with Gasteiger partial charge in [0.2, 0.25) is 5.91 Å². The molecule has 25 heavy (non-hydrogen) atoms. The molecule has 0 aliphatic carbocycles. The maximum atomic E-state index is 12.1. The number of hydrogen-bond donors (Lipinski definition) is 2. The van der Waals surface area contributed by atoms with Gasteiger partial charge in [0.15, 0.2) is 6.10 Å². The van der Waals surface area contributed by atoms with Crippen molar-refractivity contribution in [3.8, 4) is 5.75 Å². The Hall–Kier alpha value is -2.04. The van der Waals surface area contributed by atoms with E-state index in [1.807, 2.05) is 38.1 Å². The molecule has 0 heterocycles. The second-order valence-corrected chi connectivity index (χ2v) is 6.58. The zero-order valence-corrected chi connectivity index (χ0v) is 16.1. The van der Waals surface area contributed by atoms with E-state index in [1.54, 1.807) is 6.92 Å². The van der Waals surface area contributed by atoms with Crippen LogP contribution in [-0.2, 0) is 9.59 Å². The van der Waals surface area contributed by atoms with E-state index in [0.29, 0.717) is 24.8 Å². The summed E-state index contributed by atoms with van der Waals surface area (Å²) in [6, 6.07) is 7.79. The van der Waals surface area contributed by atoms with Gasteiger partial charge >= 0.3 is 0 Å². The molecule has 2 N–H and O–H groups in total. The van der Waals surface area contributed by atoms with Gasteiger partial charge in [-0.15, -0.1) is 0 Å². The van der Waals surface area contributed by atoms with Gasteiger partial charge in [-0.25, -0.2) is 0 Å². The second-order valence-electron chi connectivity index (χ2n) is 6.58. The normalized spacial score (nSPS) is 12.1. The predicted molar refractivity (Wildman–Crippen MR) is 101 cm³/mol. The summed E-state index contributed by atoms with van der Waals surface area (Å²) in [5.41, 5.74) is 1.23. The Bertz CT molecular complexity index is 536. The Morgan fingerprint density at radius 2 is 1.44 bits per heavy atom. The average Bonchev–Trinajstić information content (AvgIpc) is 2.60. The summed E-state index contributed by atoms with van der Waals surface area (Å²) in [4.78, 5) is 23.9. The van der Waals surface area contributed by atoms with Gasteiger partial charge in [-0.05, 0) is 43.4 Å². The largest absolute Gasteiger partial charge is 0.481 e. The highest BCUT2D eigenvalue weighted by atomic mass is 16.5. The number of hydrogen-bond acceptors (Lipinski definition) is 3. The fraction of sp³-hybridized carbons (Fsp3) is 0.600. The first-order valence-corrected chi connectivity index (χ1v) is 9.21. The molecule has 1 aromatic rings. The Labute approximate surface area is 151 Å². The quantitative estimate of drug-likeness (QED) is 0.638. The molecule has 0 aliphatic rings. The standard InChI is InChI=1S/C20H32N2O3/c1-6-16(7-2)20(24)22-13-12-21-19(23)15(5)25-18-10-8-17(9-11-18)14(3)4/h8-11,14-16H,6-7,12-13H2,1-5H3,(H,21,23)(H,22,24). The minimum atomic E-state index is -0.584. The topological polar surface area (TPSA) is 67.4 Å². The summed E-state index contributed by atoms with van der Waals surface area (Å²) in [5, 5.41) is 5.63. The van der Waals surface area contributed by atoms with Crippen LogP contribution in [0.25, 0.3) is 0 Å². The van der Waals surface area contributed by atoms with Gasteiger partial charge in [-0.1, -0.05) is 39.8 Å². The summed E-state index contributed by atoms with van der Waals surface area (Å²) in [7, 11) is 0. The average molecular weight is 348 g/mol. The smallest absolute Gasteiger partial charge is 0.260 e. The maximum Gasteiger partial charge on any atom is 0.260 e. The van der Waals surface area contributed by atoms with Crippen molar-refractivity contribution in [1.29, 1.82) is 0 Å². The highest BCUT2D eigenvalue weighted by Gasteiger charge is 2.15.